The van der Waals surface area contributed by atoms with Gasteiger partial charge in [-0.25, -0.2) is 8.78 Å². The largest absolute Gasteiger partial charge is 0.496 e. The number of hydrogen-bond donors (Lipinski definition) is 2. The van der Waals surface area contributed by atoms with Crippen LogP contribution in [-0.2, 0) is 6.42 Å². The highest BCUT2D eigenvalue weighted by Crippen LogP contribution is 2.29. The molecule has 1 unspecified atom stereocenters. The highest BCUT2D eigenvalue weighted by atomic mass is 32.1. The summed E-state index contributed by atoms with van der Waals surface area (Å²) in [7, 11) is 1.57. The number of thiophene rings is 1. The van der Waals surface area contributed by atoms with Crippen molar-refractivity contribution in [3.63, 3.8) is 0 Å². The lowest BCUT2D eigenvalue weighted by Crippen LogP contribution is -2.29. The highest BCUT2D eigenvalue weighted by Gasteiger charge is 2.16. The van der Waals surface area contributed by atoms with Gasteiger partial charge in [-0.05, 0) is 36.2 Å². The maximum Gasteiger partial charge on any atom is 0.129 e. The van der Waals surface area contributed by atoms with Crippen LogP contribution in [0.2, 0.25) is 0 Å². The van der Waals surface area contributed by atoms with Crippen molar-refractivity contribution in [2.75, 3.05) is 7.11 Å². The van der Waals surface area contributed by atoms with E-state index in [0.29, 0.717) is 0 Å². The smallest absolute Gasteiger partial charge is 0.129 e. The van der Waals surface area contributed by atoms with Gasteiger partial charge in [-0.1, -0.05) is 0 Å². The Bertz CT molecular complexity index is 559. The van der Waals surface area contributed by atoms with Crippen molar-refractivity contribution in [2.24, 2.45) is 5.84 Å². The molecule has 102 valence electrons. The lowest BCUT2D eigenvalue weighted by molar-refractivity contribution is 0.415. The predicted octanol–water partition coefficient (Wildman–Crippen LogP) is 2.78. The summed E-state index contributed by atoms with van der Waals surface area (Å²) in [5.74, 6) is 5.31. The molecule has 1 aromatic heterocycles. The lowest BCUT2D eigenvalue weighted by Gasteiger charge is -2.14. The molecule has 0 aliphatic carbocycles. The molecule has 2 rings (SSSR count). The van der Waals surface area contributed by atoms with E-state index in [1.54, 1.807) is 7.11 Å². The Balaban J connectivity index is 2.21. The first-order chi connectivity index (χ1) is 9.13. The number of ether oxygens (including phenoxy) is 1. The second kappa shape index (κ2) is 6.10. The van der Waals surface area contributed by atoms with Gasteiger partial charge in [0.15, 0.2) is 0 Å². The van der Waals surface area contributed by atoms with Crippen molar-refractivity contribution in [1.82, 2.24) is 5.43 Å². The summed E-state index contributed by atoms with van der Waals surface area (Å²) in [6.45, 7) is 0. The molecule has 19 heavy (non-hydrogen) atoms. The van der Waals surface area contributed by atoms with E-state index < -0.39 is 11.6 Å². The third-order valence-electron chi connectivity index (χ3n) is 2.81. The van der Waals surface area contributed by atoms with Crippen molar-refractivity contribution < 1.29 is 13.5 Å². The van der Waals surface area contributed by atoms with Crippen LogP contribution >= 0.6 is 11.3 Å². The number of hydrazine groups is 1. The first-order valence-electron chi connectivity index (χ1n) is 5.66. The lowest BCUT2D eigenvalue weighted by atomic mass is 10.0. The summed E-state index contributed by atoms with van der Waals surface area (Å²) in [4.78, 5) is 0.906. The number of nitrogens with two attached hydrogens (primary N) is 1. The third kappa shape index (κ3) is 3.28. The van der Waals surface area contributed by atoms with Crippen LogP contribution in [0.1, 0.15) is 16.5 Å². The molecule has 2 aromatic rings. The van der Waals surface area contributed by atoms with Crippen molar-refractivity contribution in [3.8, 4) is 5.75 Å². The molecular weight excluding hydrogens is 270 g/mol. The normalized spacial score (nSPS) is 12.4. The molecule has 0 radical (unpaired) electrons. The maximum absolute atomic E-state index is 13.6. The molecular formula is C13H14F2N2OS. The number of halogens is 2. The topological polar surface area (TPSA) is 47.3 Å². The molecule has 1 aromatic carbocycles. The van der Waals surface area contributed by atoms with Crippen molar-refractivity contribution in [3.05, 3.63) is 51.7 Å². The van der Waals surface area contributed by atoms with Crippen LogP contribution in [0.15, 0.2) is 29.6 Å². The Morgan fingerprint density at radius 1 is 1.37 bits per heavy atom. The van der Waals surface area contributed by atoms with Gasteiger partial charge in [0, 0.05) is 10.3 Å². The fraction of sp³-hybridized carbons (Fsp3) is 0.231. The van der Waals surface area contributed by atoms with Crippen LogP contribution in [-0.4, -0.2) is 7.11 Å². The zero-order chi connectivity index (χ0) is 13.8. The molecule has 0 saturated heterocycles. The monoisotopic (exact) mass is 284 g/mol. The Labute approximate surface area is 114 Å². The Hall–Kier alpha value is -1.50. The maximum atomic E-state index is 13.6. The van der Waals surface area contributed by atoms with Gasteiger partial charge >= 0.3 is 0 Å². The van der Waals surface area contributed by atoms with E-state index in [2.05, 4.69) is 5.43 Å². The van der Waals surface area contributed by atoms with E-state index >= 15 is 0 Å². The Morgan fingerprint density at radius 2 is 2.16 bits per heavy atom. The number of methoxy groups -OCH3 is 1. The molecule has 0 aliphatic heterocycles. The first-order valence-corrected chi connectivity index (χ1v) is 6.54. The SMILES string of the molecule is COc1csc(C(Cc2cc(F)ccc2F)NN)c1. The van der Waals surface area contributed by atoms with E-state index in [4.69, 9.17) is 10.6 Å². The molecule has 0 aliphatic rings. The van der Waals surface area contributed by atoms with Crippen LogP contribution in [0.25, 0.3) is 0 Å². The van der Waals surface area contributed by atoms with Gasteiger partial charge in [0.2, 0.25) is 0 Å². The van der Waals surface area contributed by atoms with Crippen molar-refractivity contribution in [1.29, 1.82) is 0 Å². The van der Waals surface area contributed by atoms with Crippen molar-refractivity contribution in [2.45, 2.75) is 12.5 Å². The van der Waals surface area contributed by atoms with Gasteiger partial charge in [0.05, 0.1) is 13.2 Å². The van der Waals surface area contributed by atoms with Crippen molar-refractivity contribution >= 4 is 11.3 Å². The molecule has 6 heteroatoms. The summed E-state index contributed by atoms with van der Waals surface area (Å²) in [5, 5.41) is 1.83. The summed E-state index contributed by atoms with van der Waals surface area (Å²) < 4.78 is 31.8. The number of benzene rings is 1. The molecule has 1 heterocycles. The Kier molecular flexibility index (Phi) is 4.47. The first kappa shape index (κ1) is 13.9. The molecule has 3 nitrogen and oxygen atoms in total. The number of nitrogens with one attached hydrogen (secondary N) is 1. The molecule has 3 N–H and O–H groups in total. The second-order valence-corrected chi connectivity index (χ2v) is 4.99. The van der Waals surface area contributed by atoms with Crippen LogP contribution in [0.4, 0.5) is 8.78 Å². The summed E-state index contributed by atoms with van der Waals surface area (Å²) in [5.41, 5.74) is 2.90. The quantitative estimate of drug-likeness (QED) is 0.655. The van der Waals surface area contributed by atoms with E-state index in [1.807, 2.05) is 11.4 Å². The van der Waals surface area contributed by atoms with Gasteiger partial charge in [0.25, 0.3) is 0 Å². The fourth-order valence-corrected chi connectivity index (χ4v) is 2.70. The van der Waals surface area contributed by atoms with Gasteiger partial charge in [-0.3, -0.25) is 11.3 Å². The van der Waals surface area contributed by atoms with Crippen LogP contribution in [0.3, 0.4) is 0 Å². The van der Waals surface area contributed by atoms with Gasteiger partial charge < -0.3 is 4.74 Å². The minimum atomic E-state index is -0.462. The van der Waals surface area contributed by atoms with E-state index in [0.717, 1.165) is 22.8 Å². The minimum absolute atomic E-state index is 0.268. The van der Waals surface area contributed by atoms with Gasteiger partial charge in [-0.15, -0.1) is 11.3 Å². The van der Waals surface area contributed by atoms with Gasteiger partial charge in [-0.2, -0.15) is 0 Å². The molecule has 1 atom stereocenters. The molecule has 0 amide bonds. The zero-order valence-electron chi connectivity index (χ0n) is 10.3. The number of hydrogen-bond acceptors (Lipinski definition) is 4. The molecule has 0 bridgehead atoms. The fourth-order valence-electron chi connectivity index (χ4n) is 1.79. The summed E-state index contributed by atoms with van der Waals surface area (Å²) in [6.07, 6.45) is 0.268. The molecule has 0 saturated carbocycles. The summed E-state index contributed by atoms with van der Waals surface area (Å²) in [6, 6.07) is 4.94. The minimum Gasteiger partial charge on any atom is -0.496 e. The van der Waals surface area contributed by atoms with E-state index in [9.17, 15) is 8.78 Å². The standard InChI is InChI=1S/C13H14F2N2OS/c1-18-10-6-13(19-7-10)12(17-16)5-8-4-9(14)2-3-11(8)15/h2-4,6-7,12,17H,5,16H2,1H3. The second-order valence-electron chi connectivity index (χ2n) is 4.05. The summed E-state index contributed by atoms with van der Waals surface area (Å²) >= 11 is 1.45. The van der Waals surface area contributed by atoms with Crippen LogP contribution < -0.4 is 16.0 Å². The van der Waals surface area contributed by atoms with Crippen LogP contribution in [0, 0.1) is 11.6 Å². The average Bonchev–Trinajstić information content (AvgIpc) is 2.88. The van der Waals surface area contributed by atoms with E-state index in [1.165, 1.54) is 17.4 Å². The third-order valence-corrected chi connectivity index (χ3v) is 3.83. The molecule has 0 spiro atoms. The zero-order valence-corrected chi connectivity index (χ0v) is 11.1. The highest BCUT2D eigenvalue weighted by molar-refractivity contribution is 7.10. The van der Waals surface area contributed by atoms with E-state index in [-0.39, 0.29) is 18.0 Å². The average molecular weight is 284 g/mol. The predicted molar refractivity (Wildman–Crippen MR) is 71.0 cm³/mol. The molecule has 0 fully saturated rings. The van der Waals surface area contributed by atoms with Gasteiger partial charge in [0.1, 0.15) is 17.4 Å². The van der Waals surface area contributed by atoms with Crippen LogP contribution in [0.5, 0.6) is 5.75 Å². The number of rotatable bonds is 5. The Morgan fingerprint density at radius 3 is 2.79 bits per heavy atom.